The molecule has 10 heteroatoms. The Morgan fingerprint density at radius 1 is 1.44 bits per heavy atom. The van der Waals surface area contributed by atoms with Crippen molar-refractivity contribution >= 4 is 17.8 Å². The molecule has 1 atom stereocenters. The van der Waals surface area contributed by atoms with Crippen molar-refractivity contribution in [1.29, 1.82) is 0 Å². The van der Waals surface area contributed by atoms with E-state index >= 15 is 0 Å². The van der Waals surface area contributed by atoms with Gasteiger partial charge in [-0.2, -0.15) is 10.2 Å². The number of nitrogens with one attached hydrogen (secondary N) is 2. The minimum absolute atomic E-state index is 0.166. The summed E-state index contributed by atoms with van der Waals surface area (Å²) in [6, 6.07) is 11.0. The molecule has 1 aromatic heterocycles. The van der Waals surface area contributed by atoms with Gasteiger partial charge in [-0.3, -0.25) is 0 Å². The lowest BCUT2D eigenvalue weighted by Gasteiger charge is -2.37. The molecule has 2 N–H and O–H groups in total. The molecule has 0 bridgehead atoms. The summed E-state index contributed by atoms with van der Waals surface area (Å²) >= 11 is 6.11. The van der Waals surface area contributed by atoms with Crippen LogP contribution in [0, 0.1) is 16.0 Å². The summed E-state index contributed by atoms with van der Waals surface area (Å²) in [5.41, 5.74) is 5.72. The van der Waals surface area contributed by atoms with E-state index in [-0.39, 0.29) is 5.92 Å². The second-order valence-electron chi connectivity index (χ2n) is 5.50. The Hall–Kier alpha value is -2.62. The van der Waals surface area contributed by atoms with Gasteiger partial charge in [0.15, 0.2) is 5.03 Å². The SMILES string of the molecule is O=[N+]([O-])NN1NCC(Cc2ccco2)CN1/N=C/c1ccccc1Cl. The van der Waals surface area contributed by atoms with Crippen LogP contribution in [0.15, 0.2) is 52.2 Å². The van der Waals surface area contributed by atoms with Crippen molar-refractivity contribution in [3.63, 3.8) is 0 Å². The average Bonchev–Trinajstić information content (AvgIpc) is 3.08. The van der Waals surface area contributed by atoms with E-state index in [0.717, 1.165) is 16.6 Å². The highest BCUT2D eigenvalue weighted by molar-refractivity contribution is 6.33. The number of hydrogen-bond donors (Lipinski definition) is 2. The van der Waals surface area contributed by atoms with Gasteiger partial charge in [0, 0.05) is 34.7 Å². The molecule has 2 heterocycles. The van der Waals surface area contributed by atoms with Crippen molar-refractivity contribution < 1.29 is 9.45 Å². The predicted molar refractivity (Wildman–Crippen MR) is 91.6 cm³/mol. The minimum Gasteiger partial charge on any atom is -0.469 e. The topological polar surface area (TPSA) is 99.2 Å². The maximum atomic E-state index is 10.8. The Bertz CT molecular complexity index is 739. The molecule has 3 rings (SSSR count). The van der Waals surface area contributed by atoms with E-state index < -0.39 is 5.03 Å². The minimum atomic E-state index is -0.655. The van der Waals surface area contributed by atoms with Crippen molar-refractivity contribution in [3.8, 4) is 0 Å². The monoisotopic (exact) mass is 364 g/mol. The maximum Gasteiger partial charge on any atom is 0.176 e. The molecule has 25 heavy (non-hydrogen) atoms. The van der Waals surface area contributed by atoms with Gasteiger partial charge in [-0.25, -0.2) is 15.5 Å². The van der Waals surface area contributed by atoms with Crippen LogP contribution in [-0.2, 0) is 6.42 Å². The summed E-state index contributed by atoms with van der Waals surface area (Å²) in [5.74, 6) is 1.02. The van der Waals surface area contributed by atoms with Crippen LogP contribution < -0.4 is 11.0 Å². The van der Waals surface area contributed by atoms with Gasteiger partial charge in [-0.1, -0.05) is 29.8 Å². The molecule has 1 aliphatic heterocycles. The molecular formula is C15H17ClN6O3. The smallest absolute Gasteiger partial charge is 0.176 e. The fourth-order valence-electron chi connectivity index (χ4n) is 2.50. The molecule has 0 aliphatic carbocycles. The molecule has 1 aromatic carbocycles. The Labute approximate surface area is 148 Å². The van der Waals surface area contributed by atoms with Gasteiger partial charge >= 0.3 is 0 Å². The highest BCUT2D eigenvalue weighted by atomic mass is 35.5. The van der Waals surface area contributed by atoms with Crippen LogP contribution in [0.2, 0.25) is 5.02 Å². The number of hydrazine groups is 4. The highest BCUT2D eigenvalue weighted by Gasteiger charge is 2.28. The van der Waals surface area contributed by atoms with Crippen molar-refractivity contribution in [2.75, 3.05) is 13.1 Å². The Morgan fingerprint density at radius 3 is 3.00 bits per heavy atom. The zero-order chi connectivity index (χ0) is 17.6. The van der Waals surface area contributed by atoms with Gasteiger partial charge in [0.2, 0.25) is 0 Å². The maximum absolute atomic E-state index is 10.8. The van der Waals surface area contributed by atoms with E-state index in [1.807, 2.05) is 30.3 Å². The summed E-state index contributed by atoms with van der Waals surface area (Å²) in [4.78, 5) is 10.8. The quantitative estimate of drug-likeness (QED) is 0.458. The number of nitro groups is 1. The van der Waals surface area contributed by atoms with Crippen LogP contribution in [0.25, 0.3) is 0 Å². The molecule has 0 saturated carbocycles. The van der Waals surface area contributed by atoms with Gasteiger partial charge in [0.05, 0.1) is 19.0 Å². The van der Waals surface area contributed by atoms with Gasteiger partial charge in [0.25, 0.3) is 0 Å². The van der Waals surface area contributed by atoms with E-state index in [9.17, 15) is 10.1 Å². The number of hydrazone groups is 1. The predicted octanol–water partition coefficient (Wildman–Crippen LogP) is 1.86. The number of hydrogen-bond acceptors (Lipinski definition) is 7. The first-order valence-electron chi connectivity index (χ1n) is 7.64. The summed E-state index contributed by atoms with van der Waals surface area (Å²) in [5, 5.41) is 17.6. The van der Waals surface area contributed by atoms with Crippen molar-refractivity contribution in [2.24, 2.45) is 11.0 Å². The number of benzene rings is 1. The zero-order valence-electron chi connectivity index (χ0n) is 13.2. The molecule has 0 spiro atoms. The van der Waals surface area contributed by atoms with E-state index in [0.29, 0.717) is 24.5 Å². The van der Waals surface area contributed by atoms with E-state index in [1.54, 1.807) is 18.5 Å². The molecule has 132 valence electrons. The lowest BCUT2D eigenvalue weighted by Crippen LogP contribution is -2.64. The van der Waals surface area contributed by atoms with Crippen LogP contribution in [0.4, 0.5) is 0 Å². The summed E-state index contributed by atoms with van der Waals surface area (Å²) in [7, 11) is 0. The average molecular weight is 365 g/mol. The fourth-order valence-corrected chi connectivity index (χ4v) is 2.68. The van der Waals surface area contributed by atoms with E-state index in [1.165, 1.54) is 5.12 Å². The zero-order valence-corrected chi connectivity index (χ0v) is 14.0. The van der Waals surface area contributed by atoms with Gasteiger partial charge in [-0.15, -0.1) is 0 Å². The van der Waals surface area contributed by atoms with E-state index in [2.05, 4.69) is 16.1 Å². The van der Waals surface area contributed by atoms with Crippen LogP contribution >= 0.6 is 11.6 Å². The summed E-state index contributed by atoms with van der Waals surface area (Å²) < 4.78 is 5.37. The van der Waals surface area contributed by atoms with Crippen LogP contribution in [0.1, 0.15) is 11.3 Å². The molecule has 1 aliphatic rings. The number of nitrogens with zero attached hydrogens (tertiary/aromatic N) is 4. The molecule has 0 radical (unpaired) electrons. The lowest BCUT2D eigenvalue weighted by atomic mass is 10.0. The molecule has 1 unspecified atom stereocenters. The Morgan fingerprint density at radius 2 is 2.28 bits per heavy atom. The molecular weight excluding hydrogens is 348 g/mol. The number of rotatable bonds is 6. The Balaban J connectivity index is 1.72. The van der Waals surface area contributed by atoms with Crippen molar-refractivity contribution in [3.05, 3.63) is 69.1 Å². The second kappa shape index (κ2) is 7.97. The van der Waals surface area contributed by atoms with Gasteiger partial charge < -0.3 is 4.42 Å². The summed E-state index contributed by atoms with van der Waals surface area (Å²) in [6.45, 7) is 1.01. The van der Waals surface area contributed by atoms with Crippen LogP contribution in [0.5, 0.6) is 0 Å². The molecule has 1 saturated heterocycles. The fraction of sp³-hybridized carbons (Fsp3) is 0.267. The van der Waals surface area contributed by atoms with Gasteiger partial charge in [0.1, 0.15) is 5.76 Å². The number of halogens is 1. The molecule has 2 aromatic rings. The second-order valence-corrected chi connectivity index (χ2v) is 5.91. The van der Waals surface area contributed by atoms with Crippen molar-refractivity contribution in [1.82, 2.24) is 21.3 Å². The van der Waals surface area contributed by atoms with Crippen molar-refractivity contribution in [2.45, 2.75) is 6.42 Å². The first kappa shape index (κ1) is 17.2. The molecule has 1 fully saturated rings. The van der Waals surface area contributed by atoms with E-state index in [4.69, 9.17) is 16.0 Å². The van der Waals surface area contributed by atoms with Gasteiger partial charge in [-0.05, 0) is 23.7 Å². The molecule has 0 amide bonds. The number of furan rings is 1. The highest BCUT2D eigenvalue weighted by Crippen LogP contribution is 2.16. The first-order valence-corrected chi connectivity index (χ1v) is 8.02. The normalized spacial score (nSPS) is 18.6. The third-order valence-corrected chi connectivity index (χ3v) is 4.01. The van der Waals surface area contributed by atoms with Crippen LogP contribution in [0.3, 0.4) is 0 Å². The third kappa shape index (κ3) is 4.69. The lowest BCUT2D eigenvalue weighted by molar-refractivity contribution is -0.599. The molecule has 9 nitrogen and oxygen atoms in total. The first-order chi connectivity index (χ1) is 12.1. The third-order valence-electron chi connectivity index (χ3n) is 3.66. The van der Waals surface area contributed by atoms with Crippen LogP contribution in [-0.4, -0.2) is 34.7 Å². The standard InChI is InChI=1S/C15H17ClN6O3/c16-15-6-2-1-4-13(15)10-17-20-11-12(8-14-5-3-7-25-14)9-18-21(20)19-22(23)24/h1-7,10,12,18-19H,8-9,11H2/b17-10+. The largest absolute Gasteiger partial charge is 0.469 e. The summed E-state index contributed by atoms with van der Waals surface area (Å²) in [6.07, 6.45) is 3.89. The Kier molecular flexibility index (Phi) is 5.49.